The molecule has 4 rings (SSSR count). The van der Waals surface area contributed by atoms with Crippen LogP contribution >= 0.6 is 0 Å². The number of ether oxygens (including phenoxy) is 1. The Morgan fingerprint density at radius 1 is 1.07 bits per heavy atom. The van der Waals surface area contributed by atoms with Crippen LogP contribution in [0.1, 0.15) is 30.5 Å². The minimum absolute atomic E-state index is 0.0102. The Morgan fingerprint density at radius 2 is 1.74 bits per heavy atom. The van der Waals surface area contributed by atoms with Gasteiger partial charge in [-0.15, -0.1) is 0 Å². The van der Waals surface area contributed by atoms with Crippen LogP contribution in [0.2, 0.25) is 0 Å². The number of likely N-dealkylation sites (N-methyl/N-ethyl adjacent to an activating group) is 1. The molecule has 0 unspecified atom stereocenters. The molecule has 3 N–H and O–H groups in total. The van der Waals surface area contributed by atoms with E-state index in [1.807, 2.05) is 37.1 Å². The number of para-hydroxylation sites is 1. The van der Waals surface area contributed by atoms with Crippen molar-refractivity contribution >= 4 is 23.3 Å². The Balaban J connectivity index is 1.54. The van der Waals surface area contributed by atoms with Gasteiger partial charge in [-0.3, -0.25) is 9.69 Å². The predicted molar refractivity (Wildman–Crippen MR) is 159 cm³/mol. The fourth-order valence-corrected chi connectivity index (χ4v) is 5.02. The molecular weight excluding hydrogens is 561 g/mol. The van der Waals surface area contributed by atoms with Crippen LogP contribution in [-0.4, -0.2) is 65.7 Å². The summed E-state index contributed by atoms with van der Waals surface area (Å²) in [4.78, 5) is 29.6. The molecule has 1 aliphatic heterocycles. The molecule has 0 aliphatic carbocycles. The second-order valence-electron chi connectivity index (χ2n) is 11.0. The highest BCUT2D eigenvalue weighted by Gasteiger charge is 2.32. The molecule has 3 aromatic carbocycles. The van der Waals surface area contributed by atoms with Crippen LogP contribution in [0.3, 0.4) is 0 Å². The highest BCUT2D eigenvalue weighted by Crippen LogP contribution is 2.31. The van der Waals surface area contributed by atoms with Gasteiger partial charge >= 0.3 is 12.2 Å². The van der Waals surface area contributed by atoms with Crippen molar-refractivity contribution in [1.82, 2.24) is 9.80 Å². The molecule has 3 atom stereocenters. The first kappa shape index (κ1) is 31.8. The number of urea groups is 1. The van der Waals surface area contributed by atoms with Gasteiger partial charge < -0.3 is 25.4 Å². The number of amides is 3. The van der Waals surface area contributed by atoms with E-state index in [0.29, 0.717) is 42.3 Å². The van der Waals surface area contributed by atoms with E-state index in [1.165, 1.54) is 12.1 Å². The zero-order chi connectivity index (χ0) is 31.1. The van der Waals surface area contributed by atoms with Crippen molar-refractivity contribution in [2.75, 3.05) is 37.4 Å². The molecule has 11 heteroatoms. The molecule has 0 spiro atoms. The van der Waals surface area contributed by atoms with Gasteiger partial charge in [0.05, 0.1) is 24.6 Å². The SMILES string of the molecule is C[C@H](CO)N1C[C@H](C)[C@@H](CN(C)Cc2ccc(C(F)(F)F)cc2)Oc2ccc(NC(=O)Nc3ccccc3)cc2CC1=O. The molecule has 1 heterocycles. The number of halogens is 3. The number of benzene rings is 3. The maximum atomic E-state index is 13.4. The largest absolute Gasteiger partial charge is 0.488 e. The smallest absolute Gasteiger partial charge is 0.416 e. The van der Waals surface area contributed by atoms with E-state index in [-0.39, 0.29) is 24.9 Å². The van der Waals surface area contributed by atoms with Crippen molar-refractivity contribution in [1.29, 1.82) is 0 Å². The molecule has 0 aromatic heterocycles. The molecule has 230 valence electrons. The van der Waals surface area contributed by atoms with E-state index in [0.717, 1.165) is 17.7 Å². The summed E-state index contributed by atoms with van der Waals surface area (Å²) in [6.07, 6.45) is -4.78. The van der Waals surface area contributed by atoms with Gasteiger partial charge in [0, 0.05) is 42.5 Å². The Labute approximate surface area is 249 Å². The first-order valence-electron chi connectivity index (χ1n) is 14.1. The molecule has 43 heavy (non-hydrogen) atoms. The Hall–Kier alpha value is -4.09. The number of alkyl halides is 3. The Bertz CT molecular complexity index is 1390. The fourth-order valence-electron chi connectivity index (χ4n) is 5.02. The predicted octanol–water partition coefficient (Wildman–Crippen LogP) is 5.63. The third-order valence-corrected chi connectivity index (χ3v) is 7.43. The zero-order valence-corrected chi connectivity index (χ0v) is 24.4. The van der Waals surface area contributed by atoms with Crippen molar-refractivity contribution in [3.05, 3.63) is 89.5 Å². The van der Waals surface area contributed by atoms with Crippen LogP contribution in [0.4, 0.5) is 29.3 Å². The number of carbonyl (C=O) groups is 2. The summed E-state index contributed by atoms with van der Waals surface area (Å²) in [6.45, 7) is 4.71. The summed E-state index contributed by atoms with van der Waals surface area (Å²) in [5, 5.41) is 15.4. The monoisotopic (exact) mass is 598 g/mol. The second kappa shape index (κ2) is 13.9. The normalized spacial score (nSPS) is 18.1. The number of anilines is 2. The van der Waals surface area contributed by atoms with Crippen molar-refractivity contribution in [3.63, 3.8) is 0 Å². The van der Waals surface area contributed by atoms with Gasteiger partial charge in [-0.25, -0.2) is 4.79 Å². The number of nitrogens with one attached hydrogen (secondary N) is 2. The lowest BCUT2D eigenvalue weighted by molar-refractivity contribution is -0.137. The summed E-state index contributed by atoms with van der Waals surface area (Å²) < 4.78 is 45.5. The maximum absolute atomic E-state index is 13.4. The molecule has 0 fully saturated rings. The van der Waals surface area contributed by atoms with Gasteiger partial charge in [0.2, 0.25) is 5.91 Å². The Kier molecular flexibility index (Phi) is 10.3. The molecule has 0 saturated carbocycles. The van der Waals surface area contributed by atoms with E-state index in [9.17, 15) is 27.9 Å². The summed E-state index contributed by atoms with van der Waals surface area (Å²) in [5.74, 6) is 0.178. The lowest BCUT2D eigenvalue weighted by Gasteiger charge is -2.34. The topological polar surface area (TPSA) is 94.1 Å². The summed E-state index contributed by atoms with van der Waals surface area (Å²) >= 11 is 0. The van der Waals surface area contributed by atoms with Crippen molar-refractivity contribution in [3.8, 4) is 5.75 Å². The van der Waals surface area contributed by atoms with E-state index in [1.54, 1.807) is 42.2 Å². The second-order valence-corrected chi connectivity index (χ2v) is 11.0. The average molecular weight is 599 g/mol. The van der Waals surface area contributed by atoms with E-state index in [2.05, 4.69) is 10.6 Å². The first-order valence-corrected chi connectivity index (χ1v) is 14.1. The van der Waals surface area contributed by atoms with Crippen LogP contribution < -0.4 is 15.4 Å². The highest BCUT2D eigenvalue weighted by molar-refractivity contribution is 5.99. The number of hydrogen-bond acceptors (Lipinski definition) is 5. The van der Waals surface area contributed by atoms with E-state index >= 15 is 0 Å². The number of aliphatic hydroxyl groups is 1. The van der Waals surface area contributed by atoms with E-state index in [4.69, 9.17) is 4.74 Å². The number of aliphatic hydroxyl groups excluding tert-OH is 1. The molecule has 0 saturated heterocycles. The highest BCUT2D eigenvalue weighted by atomic mass is 19.4. The molecular formula is C32H37F3N4O4. The van der Waals surface area contributed by atoms with Gasteiger partial charge in [0.1, 0.15) is 11.9 Å². The number of fused-ring (bicyclic) bond motifs is 1. The lowest BCUT2D eigenvalue weighted by atomic mass is 10.0. The van der Waals surface area contributed by atoms with Crippen LogP contribution in [0.25, 0.3) is 0 Å². The third-order valence-electron chi connectivity index (χ3n) is 7.43. The minimum Gasteiger partial charge on any atom is -0.488 e. The quantitative estimate of drug-likeness (QED) is 0.313. The number of hydrogen-bond donors (Lipinski definition) is 3. The molecule has 3 amide bonds. The zero-order valence-electron chi connectivity index (χ0n) is 24.4. The van der Waals surface area contributed by atoms with Gasteiger partial charge in [0.25, 0.3) is 0 Å². The fraction of sp³-hybridized carbons (Fsp3) is 0.375. The summed E-state index contributed by atoms with van der Waals surface area (Å²) in [5.41, 5.74) is 1.72. The van der Waals surface area contributed by atoms with Crippen LogP contribution in [0.5, 0.6) is 5.75 Å². The molecule has 0 bridgehead atoms. The van der Waals surface area contributed by atoms with Crippen LogP contribution in [-0.2, 0) is 23.9 Å². The van der Waals surface area contributed by atoms with Gasteiger partial charge in [-0.2, -0.15) is 13.2 Å². The summed E-state index contributed by atoms with van der Waals surface area (Å²) in [6, 6.07) is 18.4. The van der Waals surface area contributed by atoms with Gasteiger partial charge in [0.15, 0.2) is 0 Å². The molecule has 1 aliphatic rings. The first-order chi connectivity index (χ1) is 20.4. The average Bonchev–Trinajstić information content (AvgIpc) is 3.00. The molecule has 0 radical (unpaired) electrons. The van der Waals surface area contributed by atoms with Crippen LogP contribution in [0, 0.1) is 5.92 Å². The van der Waals surface area contributed by atoms with Crippen molar-refractivity contribution < 1.29 is 32.6 Å². The Morgan fingerprint density at radius 3 is 2.40 bits per heavy atom. The van der Waals surface area contributed by atoms with E-state index < -0.39 is 29.9 Å². The third kappa shape index (κ3) is 8.71. The number of carbonyl (C=O) groups excluding carboxylic acids is 2. The summed E-state index contributed by atoms with van der Waals surface area (Å²) in [7, 11) is 1.86. The standard InChI is InChI=1S/C32H37F3N4O4/c1-21-17-39(22(2)20-40)30(41)16-24-15-27(37-31(42)36-26-7-5-4-6-8-26)13-14-28(24)43-29(21)19-38(3)18-23-9-11-25(12-10-23)32(33,34)35/h4-15,21-22,29,40H,16-20H2,1-3H3,(H2,36,37,42)/t21-,22+,29+/m0/s1. The molecule has 3 aromatic rings. The number of nitrogens with zero attached hydrogens (tertiary/aromatic N) is 2. The molecule has 8 nitrogen and oxygen atoms in total. The van der Waals surface area contributed by atoms with Crippen molar-refractivity contribution in [2.24, 2.45) is 5.92 Å². The van der Waals surface area contributed by atoms with Gasteiger partial charge in [-0.1, -0.05) is 37.3 Å². The van der Waals surface area contributed by atoms with Crippen LogP contribution in [0.15, 0.2) is 72.8 Å². The van der Waals surface area contributed by atoms with Crippen molar-refractivity contribution in [2.45, 2.75) is 45.1 Å². The number of rotatable bonds is 8. The minimum atomic E-state index is -4.39. The lowest BCUT2D eigenvalue weighted by Crippen LogP contribution is -2.47. The maximum Gasteiger partial charge on any atom is 0.416 e. The van der Waals surface area contributed by atoms with Gasteiger partial charge in [-0.05, 0) is 62.0 Å².